The van der Waals surface area contributed by atoms with Gasteiger partial charge in [-0.1, -0.05) is 52.1 Å². The molecule has 1 amide bonds. The summed E-state index contributed by atoms with van der Waals surface area (Å²) in [4.78, 5) is 10.5. The molecular weight excluding hydrogens is 369 g/mol. The molecule has 1 radical (unpaired) electrons. The Kier molecular flexibility index (Phi) is 26.9. The van der Waals surface area contributed by atoms with E-state index >= 15 is 0 Å². The molecule has 0 bridgehead atoms. The summed E-state index contributed by atoms with van der Waals surface area (Å²) in [5.74, 6) is 0.286. The minimum Gasteiger partial charge on any atom is -1.00 e. The van der Waals surface area contributed by atoms with Gasteiger partial charge in [0.05, 0.1) is 5.91 Å². The molecule has 2 aliphatic rings. The first-order chi connectivity index (χ1) is 9.01. The molecular formula is C16H28Cl2NOSiTi. The van der Waals surface area contributed by atoms with Crippen LogP contribution in [0.3, 0.4) is 0 Å². The Morgan fingerprint density at radius 2 is 1.68 bits per heavy atom. The van der Waals surface area contributed by atoms with Crippen molar-refractivity contribution in [3.05, 3.63) is 29.5 Å². The molecule has 1 saturated carbocycles. The predicted molar refractivity (Wildman–Crippen MR) is 85.5 cm³/mol. The van der Waals surface area contributed by atoms with Crippen LogP contribution in [0.2, 0.25) is 13.1 Å². The molecule has 22 heavy (non-hydrogen) atoms. The molecule has 1 N–H and O–H groups in total. The van der Waals surface area contributed by atoms with E-state index in [2.05, 4.69) is 45.2 Å². The molecule has 1 fully saturated rings. The van der Waals surface area contributed by atoms with E-state index in [1.165, 1.54) is 12.0 Å². The first-order valence-electron chi connectivity index (χ1n) is 7.29. The van der Waals surface area contributed by atoms with Crippen LogP contribution >= 0.6 is 0 Å². The summed E-state index contributed by atoms with van der Waals surface area (Å²) in [6, 6.07) is 0. The van der Waals surface area contributed by atoms with Gasteiger partial charge in [0.2, 0.25) is 0 Å². The molecule has 0 aromatic carbocycles. The van der Waals surface area contributed by atoms with Gasteiger partial charge in [-0.25, -0.2) is 11.6 Å². The molecule has 0 saturated heterocycles. The average Bonchev–Trinajstić information content (AvgIpc) is 2.76. The fraction of sp³-hybridized carbons (Fsp3) is 0.688. The summed E-state index contributed by atoms with van der Waals surface area (Å²) in [6.45, 7) is 8.62. The predicted octanol–water partition coefficient (Wildman–Crippen LogP) is -1.39. The third kappa shape index (κ3) is 16.8. The Morgan fingerprint density at radius 1 is 1.23 bits per heavy atom. The molecule has 0 spiro atoms. The Labute approximate surface area is 166 Å². The van der Waals surface area contributed by atoms with Crippen LogP contribution in [0.25, 0.3) is 5.73 Å². The van der Waals surface area contributed by atoms with Crippen molar-refractivity contribution in [2.24, 2.45) is 11.8 Å². The van der Waals surface area contributed by atoms with E-state index in [0.29, 0.717) is 5.92 Å². The van der Waals surface area contributed by atoms with Gasteiger partial charge in [-0.3, -0.25) is 6.08 Å². The van der Waals surface area contributed by atoms with Crippen LogP contribution in [0.5, 0.6) is 0 Å². The number of halogens is 2. The molecule has 2 nitrogen and oxygen atoms in total. The normalized spacial score (nSPS) is 18.7. The quantitative estimate of drug-likeness (QED) is 0.397. The van der Waals surface area contributed by atoms with E-state index in [0.717, 1.165) is 35.2 Å². The van der Waals surface area contributed by atoms with Crippen LogP contribution < -0.4 is 24.8 Å². The van der Waals surface area contributed by atoms with Crippen LogP contribution in [-0.2, 0) is 26.5 Å². The summed E-state index contributed by atoms with van der Waals surface area (Å²) in [7, 11) is 0.750. The zero-order valence-electron chi connectivity index (χ0n) is 14.1. The maximum Gasteiger partial charge on any atom is 4.00 e. The van der Waals surface area contributed by atoms with Crippen LogP contribution in [0.15, 0.2) is 17.7 Å². The monoisotopic (exact) mass is 396 g/mol. The minimum absolute atomic E-state index is 0. The van der Waals surface area contributed by atoms with Crippen molar-refractivity contribution >= 4 is 15.4 Å². The Hall–Kier alpha value is 0.461. The van der Waals surface area contributed by atoms with Crippen molar-refractivity contribution in [3.8, 4) is 0 Å². The fourth-order valence-electron chi connectivity index (χ4n) is 2.11. The van der Waals surface area contributed by atoms with Crippen LogP contribution in [-0.4, -0.2) is 15.4 Å². The van der Waals surface area contributed by atoms with E-state index in [1.807, 2.05) is 0 Å². The van der Waals surface area contributed by atoms with Gasteiger partial charge < -0.3 is 35.3 Å². The number of amides is 1. The molecule has 1 atom stereocenters. The maximum atomic E-state index is 10.5. The second-order valence-corrected chi connectivity index (χ2v) is 6.41. The first-order valence-corrected chi connectivity index (χ1v) is 9.59. The number of nitrogens with one attached hydrogen (secondary N) is 1. The summed E-state index contributed by atoms with van der Waals surface area (Å²) in [5, 5.41) is 0. The van der Waals surface area contributed by atoms with Crippen molar-refractivity contribution in [3.63, 3.8) is 0 Å². The van der Waals surface area contributed by atoms with E-state index in [9.17, 15) is 4.79 Å². The molecule has 0 heterocycles. The Bertz CT molecular complexity index is 319. The van der Waals surface area contributed by atoms with Gasteiger partial charge in [-0.2, -0.15) is 6.08 Å². The topological polar surface area (TPSA) is 40.9 Å². The Morgan fingerprint density at radius 3 is 1.86 bits per heavy atom. The fourth-order valence-corrected chi connectivity index (χ4v) is 2.11. The molecule has 1 unspecified atom stereocenters. The first kappa shape index (κ1) is 30.4. The van der Waals surface area contributed by atoms with Gasteiger partial charge in [-0.15, -0.1) is 0 Å². The molecule has 2 rings (SSSR count). The van der Waals surface area contributed by atoms with Crippen molar-refractivity contribution in [2.75, 3.05) is 0 Å². The number of hydrogen-bond acceptors (Lipinski definition) is 1. The molecule has 2 aliphatic carbocycles. The number of carbonyl (C=O) groups excluding carboxylic acids is 1. The standard InChI is InChI=1S/C7H13NO.C7H9.C2H7Si.2ClH.Ti/c8-7(9)6-4-2-1-3-5-6;1-6-3-4-7(2)5-6;1-3-2;;;/h6H,1-5H2,(H2,8,9);3-4,6H,1-2H3;3H,1-2H3;2*1H;/q;-1;;;;+4/p-3. The second kappa shape index (κ2) is 19.5. The summed E-state index contributed by atoms with van der Waals surface area (Å²) in [5.41, 5.74) is 8.10. The third-order valence-corrected chi connectivity index (χ3v) is 3.07. The average molecular weight is 397 g/mol. The number of hydrogen-bond donors (Lipinski definition) is 0. The van der Waals surface area contributed by atoms with Gasteiger partial charge in [0.15, 0.2) is 0 Å². The van der Waals surface area contributed by atoms with Crippen LogP contribution in [0.4, 0.5) is 0 Å². The van der Waals surface area contributed by atoms with E-state index in [4.69, 9.17) is 5.73 Å². The molecule has 125 valence electrons. The van der Waals surface area contributed by atoms with Gasteiger partial charge in [-0.05, 0) is 12.8 Å². The number of rotatable bonds is 1. The van der Waals surface area contributed by atoms with Crippen LogP contribution in [0, 0.1) is 17.9 Å². The largest absolute Gasteiger partial charge is 4.00 e. The number of carbonyl (C=O) groups is 1. The molecule has 0 aromatic rings. The second-order valence-electron chi connectivity index (χ2n) is 5.25. The summed E-state index contributed by atoms with van der Waals surface area (Å²) < 4.78 is 0. The van der Waals surface area contributed by atoms with Crippen molar-refractivity contribution in [1.29, 1.82) is 0 Å². The van der Waals surface area contributed by atoms with Crippen molar-refractivity contribution in [2.45, 2.75) is 59.0 Å². The minimum atomic E-state index is -0.352. The smallest absolute Gasteiger partial charge is 1.00 e. The zero-order valence-corrected chi connectivity index (χ0v) is 18.3. The van der Waals surface area contributed by atoms with Gasteiger partial charge in [0.25, 0.3) is 0 Å². The third-order valence-electron chi connectivity index (χ3n) is 3.07. The molecule has 6 heteroatoms. The summed E-state index contributed by atoms with van der Waals surface area (Å²) >= 11 is 0. The molecule has 0 aromatic heterocycles. The van der Waals surface area contributed by atoms with Crippen molar-refractivity contribution < 1.29 is 51.3 Å². The van der Waals surface area contributed by atoms with E-state index in [-0.39, 0.29) is 58.4 Å². The number of allylic oxidation sites excluding steroid dienone is 4. The zero-order chi connectivity index (χ0) is 14.7. The maximum absolute atomic E-state index is 10.5. The van der Waals surface area contributed by atoms with E-state index < -0.39 is 0 Å². The van der Waals surface area contributed by atoms with Crippen molar-refractivity contribution in [1.82, 2.24) is 0 Å². The van der Waals surface area contributed by atoms with E-state index in [1.54, 1.807) is 0 Å². The summed E-state index contributed by atoms with van der Waals surface area (Å²) in [6.07, 6.45) is 12.9. The van der Waals surface area contributed by atoms with Gasteiger partial charge in [0, 0.05) is 15.4 Å². The van der Waals surface area contributed by atoms with Gasteiger partial charge >= 0.3 is 21.7 Å². The molecule has 0 aliphatic heterocycles. The Balaban J connectivity index is -0.000000114. The SMILES string of the molecule is CC1=[C-]C(C)C=C1.C[SiH]C.[Cl-].[Cl-].[NH-]C(=O)C1CCCCC1.[Ti+4]. The van der Waals surface area contributed by atoms with Gasteiger partial charge in [0.1, 0.15) is 0 Å². The van der Waals surface area contributed by atoms with Crippen LogP contribution in [0.1, 0.15) is 46.0 Å².